The molecule has 8 nitrogen and oxygen atoms in total. The molecule has 1 aliphatic rings. The van der Waals surface area contributed by atoms with E-state index < -0.39 is 23.5 Å². The van der Waals surface area contributed by atoms with Crippen LogP contribution in [0.2, 0.25) is 0 Å². The number of fused-ring (bicyclic) bond motifs is 2. The summed E-state index contributed by atoms with van der Waals surface area (Å²) in [6, 6.07) is 13.0. The van der Waals surface area contributed by atoms with Gasteiger partial charge in [0.15, 0.2) is 11.6 Å². The van der Waals surface area contributed by atoms with E-state index in [9.17, 15) is 19.5 Å². The minimum absolute atomic E-state index is 0.00656. The summed E-state index contributed by atoms with van der Waals surface area (Å²) in [5, 5.41) is 20.1. The van der Waals surface area contributed by atoms with Crippen LogP contribution in [0.1, 0.15) is 98.6 Å². The van der Waals surface area contributed by atoms with Gasteiger partial charge in [-0.1, -0.05) is 42.3 Å². The van der Waals surface area contributed by atoms with Crippen LogP contribution in [0.15, 0.2) is 48.5 Å². The lowest BCUT2D eigenvalue weighted by molar-refractivity contribution is 0.00651. The molecule has 3 aromatic rings. The summed E-state index contributed by atoms with van der Waals surface area (Å²) in [4.78, 5) is 41.4. The molecule has 1 unspecified atom stereocenters. The van der Waals surface area contributed by atoms with Gasteiger partial charge in [0, 0.05) is 47.3 Å². The van der Waals surface area contributed by atoms with Crippen LogP contribution in [-0.4, -0.2) is 54.2 Å². The predicted octanol–water partition coefficient (Wildman–Crippen LogP) is 4.83. The topological polar surface area (TPSA) is 119 Å². The lowest BCUT2D eigenvalue weighted by Gasteiger charge is -2.27. The van der Waals surface area contributed by atoms with E-state index in [1.165, 1.54) is 20.3 Å². The number of benzene rings is 3. The first-order chi connectivity index (χ1) is 20.0. The first-order valence-electron chi connectivity index (χ1n) is 13.6. The van der Waals surface area contributed by atoms with Gasteiger partial charge in [0.2, 0.25) is 0 Å². The van der Waals surface area contributed by atoms with Gasteiger partial charge in [-0.3, -0.25) is 9.59 Å². The summed E-state index contributed by atoms with van der Waals surface area (Å²) >= 11 is 0. The summed E-state index contributed by atoms with van der Waals surface area (Å²) in [5.74, 6) is 4.63. The lowest BCUT2D eigenvalue weighted by atomic mass is 9.78. The maximum atomic E-state index is 14.0. The van der Waals surface area contributed by atoms with E-state index in [2.05, 4.69) is 11.8 Å². The fourth-order valence-electron chi connectivity index (χ4n) is 5.01. The molecule has 1 aliphatic carbocycles. The Hall–Kier alpha value is -4.45. The summed E-state index contributed by atoms with van der Waals surface area (Å²) in [5.41, 5.74) is 0.920. The van der Waals surface area contributed by atoms with Crippen molar-refractivity contribution in [3.63, 3.8) is 0 Å². The average Bonchev–Trinajstić information content (AvgIpc) is 2.96. The van der Waals surface area contributed by atoms with Crippen LogP contribution < -0.4 is 9.47 Å². The molecule has 0 radical (unpaired) electrons. The molecule has 0 spiro atoms. The van der Waals surface area contributed by atoms with Crippen molar-refractivity contribution in [1.82, 2.24) is 0 Å². The molecular formula is C34H34O8. The number of ether oxygens (including phenoxy) is 3. The van der Waals surface area contributed by atoms with Crippen molar-refractivity contribution in [1.29, 1.82) is 0 Å². The Balaban J connectivity index is 2.01. The van der Waals surface area contributed by atoms with Crippen LogP contribution in [0.25, 0.3) is 0 Å². The molecule has 0 heterocycles. The monoisotopic (exact) mass is 570 g/mol. The highest BCUT2D eigenvalue weighted by Crippen LogP contribution is 2.40. The molecule has 0 bridgehead atoms. The highest BCUT2D eigenvalue weighted by atomic mass is 16.6. The number of methoxy groups -OCH3 is 2. The summed E-state index contributed by atoms with van der Waals surface area (Å²) < 4.78 is 17.0. The number of ketones is 2. The smallest absolute Gasteiger partial charge is 0.342 e. The van der Waals surface area contributed by atoms with Crippen molar-refractivity contribution in [3.05, 3.63) is 93.0 Å². The normalized spacial score (nSPS) is 12.9. The second-order valence-corrected chi connectivity index (χ2v) is 10.8. The molecule has 0 aliphatic heterocycles. The van der Waals surface area contributed by atoms with Crippen molar-refractivity contribution < 1.29 is 38.8 Å². The minimum atomic E-state index is -1.22. The molecule has 4 rings (SSSR count). The van der Waals surface area contributed by atoms with Gasteiger partial charge < -0.3 is 24.4 Å². The molecule has 218 valence electrons. The first-order valence-corrected chi connectivity index (χ1v) is 13.6. The minimum Gasteiger partial charge on any atom is -0.496 e. The number of carbonyl (C=O) groups excluding carboxylic acids is 3. The predicted molar refractivity (Wildman–Crippen MR) is 156 cm³/mol. The maximum absolute atomic E-state index is 14.0. The number of carbonyl (C=O) groups is 3. The quantitative estimate of drug-likeness (QED) is 0.176. The van der Waals surface area contributed by atoms with Gasteiger partial charge in [-0.15, -0.1) is 5.92 Å². The molecular weight excluding hydrogens is 536 g/mol. The zero-order valence-corrected chi connectivity index (χ0v) is 24.4. The summed E-state index contributed by atoms with van der Waals surface area (Å²) in [6.07, 6.45) is -0.436. The van der Waals surface area contributed by atoms with Crippen molar-refractivity contribution in [3.8, 4) is 23.3 Å². The van der Waals surface area contributed by atoms with E-state index in [1.807, 2.05) is 0 Å². The molecule has 0 aromatic heterocycles. The molecule has 0 saturated carbocycles. The fourth-order valence-corrected chi connectivity index (χ4v) is 5.01. The van der Waals surface area contributed by atoms with Crippen LogP contribution in [0, 0.1) is 11.8 Å². The van der Waals surface area contributed by atoms with E-state index >= 15 is 0 Å². The Labute approximate surface area is 245 Å². The second kappa shape index (κ2) is 12.6. The third kappa shape index (κ3) is 6.08. The summed E-state index contributed by atoms with van der Waals surface area (Å²) in [7, 11) is 2.85. The summed E-state index contributed by atoms with van der Waals surface area (Å²) in [6.45, 7) is 5.17. The number of aliphatic hydroxyl groups excluding tert-OH is 2. The van der Waals surface area contributed by atoms with Gasteiger partial charge in [0.25, 0.3) is 0 Å². The van der Waals surface area contributed by atoms with Gasteiger partial charge in [-0.2, -0.15) is 0 Å². The average molecular weight is 571 g/mol. The zero-order chi connectivity index (χ0) is 30.6. The molecule has 42 heavy (non-hydrogen) atoms. The van der Waals surface area contributed by atoms with E-state index in [0.29, 0.717) is 29.7 Å². The Morgan fingerprint density at radius 1 is 0.905 bits per heavy atom. The van der Waals surface area contributed by atoms with Crippen molar-refractivity contribution in [2.75, 3.05) is 20.8 Å². The van der Waals surface area contributed by atoms with Crippen LogP contribution in [0.3, 0.4) is 0 Å². The molecule has 0 fully saturated rings. The SMILES string of the molecule is COc1cccc(C(O)C#CCCCO)c1Cc1c(C(=O)OC(C)(C)C)c(OC)cc2c1C(=O)c1ccccc1C2=O. The van der Waals surface area contributed by atoms with E-state index in [-0.39, 0.29) is 57.9 Å². The van der Waals surface area contributed by atoms with Crippen LogP contribution in [-0.2, 0) is 11.2 Å². The molecule has 0 amide bonds. The Bertz CT molecular complexity index is 1600. The lowest BCUT2D eigenvalue weighted by Crippen LogP contribution is -2.28. The van der Waals surface area contributed by atoms with Gasteiger partial charge in [-0.05, 0) is 50.5 Å². The van der Waals surface area contributed by atoms with Crippen LogP contribution >= 0.6 is 0 Å². The first kappa shape index (κ1) is 30.5. The van der Waals surface area contributed by atoms with Gasteiger partial charge in [-0.25, -0.2) is 4.79 Å². The van der Waals surface area contributed by atoms with Gasteiger partial charge in [0.05, 0.1) is 14.2 Å². The zero-order valence-electron chi connectivity index (χ0n) is 24.4. The Morgan fingerprint density at radius 3 is 2.19 bits per heavy atom. The van der Waals surface area contributed by atoms with Crippen molar-refractivity contribution >= 4 is 17.5 Å². The van der Waals surface area contributed by atoms with E-state index in [0.717, 1.165) is 0 Å². The Kier molecular flexibility index (Phi) is 9.15. The molecule has 1 atom stereocenters. The third-order valence-corrected chi connectivity index (χ3v) is 6.84. The van der Waals surface area contributed by atoms with Crippen molar-refractivity contribution in [2.45, 2.75) is 51.7 Å². The number of unbranched alkanes of at least 4 members (excludes halogenated alkanes) is 1. The Morgan fingerprint density at radius 2 is 1.57 bits per heavy atom. The highest BCUT2D eigenvalue weighted by Gasteiger charge is 2.37. The highest BCUT2D eigenvalue weighted by molar-refractivity contribution is 6.29. The number of hydrogen-bond acceptors (Lipinski definition) is 8. The largest absolute Gasteiger partial charge is 0.496 e. The van der Waals surface area contributed by atoms with E-state index in [4.69, 9.17) is 19.3 Å². The van der Waals surface area contributed by atoms with Gasteiger partial charge >= 0.3 is 5.97 Å². The number of rotatable bonds is 8. The second-order valence-electron chi connectivity index (χ2n) is 10.8. The maximum Gasteiger partial charge on any atom is 0.342 e. The fraction of sp³-hybridized carbons (Fsp3) is 0.324. The molecule has 8 heteroatoms. The van der Waals surface area contributed by atoms with Crippen LogP contribution in [0.4, 0.5) is 0 Å². The number of hydrogen-bond donors (Lipinski definition) is 2. The van der Waals surface area contributed by atoms with E-state index in [1.54, 1.807) is 63.2 Å². The standard InChI is InChI=1S/C34H34O8/c1-34(2,3)42-33(39)30-24(18-23-20(14-11-16-27(23)40-4)26(36)15-7-6-10-17-35)29-25(19-28(30)41-5)31(37)21-12-8-9-13-22(21)32(29)38/h8-9,11-14,16,19,26,35-36H,6,10,17-18H2,1-5H3. The van der Waals surface area contributed by atoms with Gasteiger partial charge in [0.1, 0.15) is 28.8 Å². The molecule has 3 aromatic carbocycles. The van der Waals surface area contributed by atoms with Crippen LogP contribution in [0.5, 0.6) is 11.5 Å². The molecule has 0 saturated heterocycles. The van der Waals surface area contributed by atoms with Crippen molar-refractivity contribution in [2.24, 2.45) is 0 Å². The number of aliphatic hydroxyl groups is 2. The number of esters is 1. The molecule has 2 N–H and O–H groups in total. The third-order valence-electron chi connectivity index (χ3n) is 6.84.